The SMILES string of the molecule is CCC(NCC(C)N1CCCCC1)c1ccc(O)cc1. The van der Waals surface area contributed by atoms with Crippen LogP contribution in [0.5, 0.6) is 5.75 Å². The second kappa shape index (κ2) is 7.65. The second-order valence-corrected chi connectivity index (χ2v) is 5.91. The Kier molecular flexibility index (Phi) is 5.86. The van der Waals surface area contributed by atoms with E-state index < -0.39 is 0 Å². The summed E-state index contributed by atoms with van der Waals surface area (Å²) in [7, 11) is 0. The molecule has 0 bridgehead atoms. The van der Waals surface area contributed by atoms with E-state index in [1.807, 2.05) is 12.1 Å². The standard InChI is InChI=1S/C17H28N2O/c1-3-17(15-7-9-16(20)10-8-15)18-13-14(2)19-11-5-4-6-12-19/h7-10,14,17-18,20H,3-6,11-13H2,1-2H3. The first-order valence-corrected chi connectivity index (χ1v) is 7.97. The smallest absolute Gasteiger partial charge is 0.115 e. The Labute approximate surface area is 123 Å². The minimum atomic E-state index is 0.338. The Hall–Kier alpha value is -1.06. The predicted molar refractivity (Wildman–Crippen MR) is 84.0 cm³/mol. The Morgan fingerprint density at radius 2 is 1.80 bits per heavy atom. The van der Waals surface area contributed by atoms with E-state index in [2.05, 4.69) is 24.1 Å². The summed E-state index contributed by atoms with van der Waals surface area (Å²) in [5.74, 6) is 0.338. The van der Waals surface area contributed by atoms with Gasteiger partial charge in [0.2, 0.25) is 0 Å². The number of likely N-dealkylation sites (tertiary alicyclic amines) is 1. The summed E-state index contributed by atoms with van der Waals surface area (Å²) in [5.41, 5.74) is 1.26. The largest absolute Gasteiger partial charge is 0.508 e. The molecule has 20 heavy (non-hydrogen) atoms. The van der Waals surface area contributed by atoms with Crippen molar-refractivity contribution < 1.29 is 5.11 Å². The van der Waals surface area contributed by atoms with Gasteiger partial charge >= 0.3 is 0 Å². The average molecular weight is 276 g/mol. The molecule has 112 valence electrons. The highest BCUT2D eigenvalue weighted by atomic mass is 16.3. The lowest BCUT2D eigenvalue weighted by Gasteiger charge is -2.33. The third-order valence-electron chi connectivity index (χ3n) is 4.38. The molecule has 1 aromatic carbocycles. The summed E-state index contributed by atoms with van der Waals surface area (Å²) < 4.78 is 0. The lowest BCUT2D eigenvalue weighted by atomic mass is 10.0. The number of phenols is 1. The van der Waals surface area contributed by atoms with Crippen molar-refractivity contribution in [1.29, 1.82) is 0 Å². The lowest BCUT2D eigenvalue weighted by Crippen LogP contribution is -2.43. The van der Waals surface area contributed by atoms with Crippen LogP contribution in [0.15, 0.2) is 24.3 Å². The van der Waals surface area contributed by atoms with Crippen molar-refractivity contribution in [2.75, 3.05) is 19.6 Å². The first kappa shape index (κ1) is 15.3. The minimum absolute atomic E-state index is 0.338. The van der Waals surface area contributed by atoms with Crippen molar-refractivity contribution in [2.24, 2.45) is 0 Å². The lowest BCUT2D eigenvalue weighted by molar-refractivity contribution is 0.167. The number of piperidine rings is 1. The van der Waals surface area contributed by atoms with Crippen LogP contribution < -0.4 is 5.32 Å². The van der Waals surface area contributed by atoms with Gasteiger partial charge in [-0.1, -0.05) is 25.5 Å². The van der Waals surface area contributed by atoms with Crippen LogP contribution in [0.2, 0.25) is 0 Å². The molecule has 0 radical (unpaired) electrons. The zero-order chi connectivity index (χ0) is 14.4. The second-order valence-electron chi connectivity index (χ2n) is 5.91. The molecular formula is C17H28N2O. The van der Waals surface area contributed by atoms with Crippen LogP contribution in [-0.2, 0) is 0 Å². The van der Waals surface area contributed by atoms with Crippen LogP contribution in [0.1, 0.15) is 51.1 Å². The summed E-state index contributed by atoms with van der Waals surface area (Å²) in [6, 6.07) is 8.55. The molecule has 3 nitrogen and oxygen atoms in total. The third kappa shape index (κ3) is 4.22. The molecule has 1 heterocycles. The average Bonchev–Trinajstić information content (AvgIpc) is 2.50. The van der Waals surface area contributed by atoms with Gasteiger partial charge < -0.3 is 10.4 Å². The van der Waals surface area contributed by atoms with E-state index in [1.54, 1.807) is 12.1 Å². The molecule has 1 saturated heterocycles. The van der Waals surface area contributed by atoms with Gasteiger partial charge in [0.25, 0.3) is 0 Å². The van der Waals surface area contributed by atoms with Crippen LogP contribution in [-0.4, -0.2) is 35.7 Å². The van der Waals surface area contributed by atoms with Crippen molar-refractivity contribution in [2.45, 2.75) is 51.6 Å². The van der Waals surface area contributed by atoms with Crippen LogP contribution in [0, 0.1) is 0 Å². The topological polar surface area (TPSA) is 35.5 Å². The molecule has 0 spiro atoms. The quantitative estimate of drug-likeness (QED) is 0.837. The van der Waals surface area contributed by atoms with E-state index in [0.717, 1.165) is 13.0 Å². The summed E-state index contributed by atoms with van der Waals surface area (Å²) in [6.45, 7) is 8.05. The normalized spacial score (nSPS) is 19.7. The van der Waals surface area contributed by atoms with Crippen molar-refractivity contribution in [1.82, 2.24) is 10.2 Å². The monoisotopic (exact) mass is 276 g/mol. The van der Waals surface area contributed by atoms with Crippen LogP contribution >= 0.6 is 0 Å². The van der Waals surface area contributed by atoms with E-state index in [9.17, 15) is 5.11 Å². The minimum Gasteiger partial charge on any atom is -0.508 e. The van der Waals surface area contributed by atoms with E-state index >= 15 is 0 Å². The van der Waals surface area contributed by atoms with Crippen molar-refractivity contribution >= 4 is 0 Å². The van der Waals surface area contributed by atoms with Crippen LogP contribution in [0.25, 0.3) is 0 Å². The van der Waals surface area contributed by atoms with Crippen LogP contribution in [0.4, 0.5) is 0 Å². The Morgan fingerprint density at radius 1 is 1.15 bits per heavy atom. The molecule has 0 aliphatic carbocycles. The molecule has 2 N–H and O–H groups in total. The van der Waals surface area contributed by atoms with Gasteiger partial charge in [-0.05, 0) is 57.0 Å². The molecule has 1 aliphatic rings. The van der Waals surface area contributed by atoms with Gasteiger partial charge in [0.05, 0.1) is 0 Å². The van der Waals surface area contributed by atoms with Gasteiger partial charge in [-0.15, -0.1) is 0 Å². The molecule has 1 aromatic rings. The van der Waals surface area contributed by atoms with Gasteiger partial charge in [-0.3, -0.25) is 4.90 Å². The molecule has 2 atom stereocenters. The summed E-state index contributed by atoms with van der Waals surface area (Å²) in [5, 5.41) is 13.1. The Morgan fingerprint density at radius 3 is 2.40 bits per heavy atom. The number of nitrogens with one attached hydrogen (secondary N) is 1. The maximum absolute atomic E-state index is 9.37. The van der Waals surface area contributed by atoms with Gasteiger partial charge in [0.15, 0.2) is 0 Å². The molecule has 1 aliphatic heterocycles. The van der Waals surface area contributed by atoms with Crippen molar-refractivity contribution in [3.05, 3.63) is 29.8 Å². The predicted octanol–water partition coefficient (Wildman–Crippen LogP) is 3.31. The van der Waals surface area contributed by atoms with Gasteiger partial charge in [-0.25, -0.2) is 0 Å². The van der Waals surface area contributed by atoms with Gasteiger partial charge in [0.1, 0.15) is 5.75 Å². The van der Waals surface area contributed by atoms with E-state index in [0.29, 0.717) is 17.8 Å². The maximum atomic E-state index is 9.37. The molecular weight excluding hydrogens is 248 g/mol. The van der Waals surface area contributed by atoms with Crippen molar-refractivity contribution in [3.8, 4) is 5.75 Å². The fourth-order valence-corrected chi connectivity index (χ4v) is 3.01. The molecule has 1 fully saturated rings. The van der Waals surface area contributed by atoms with E-state index in [-0.39, 0.29) is 0 Å². The molecule has 0 saturated carbocycles. The molecule has 2 unspecified atom stereocenters. The zero-order valence-electron chi connectivity index (χ0n) is 12.8. The number of hydrogen-bond donors (Lipinski definition) is 2. The first-order chi connectivity index (χ1) is 9.70. The Balaban J connectivity index is 1.85. The summed E-state index contributed by atoms with van der Waals surface area (Å²) in [6.07, 6.45) is 5.15. The summed E-state index contributed by atoms with van der Waals surface area (Å²) >= 11 is 0. The highest BCUT2D eigenvalue weighted by Crippen LogP contribution is 2.20. The number of phenolic OH excluding ortho intramolecular Hbond substituents is 1. The molecule has 0 amide bonds. The zero-order valence-corrected chi connectivity index (χ0v) is 12.8. The number of aromatic hydroxyl groups is 1. The van der Waals surface area contributed by atoms with Crippen molar-refractivity contribution in [3.63, 3.8) is 0 Å². The fraction of sp³-hybridized carbons (Fsp3) is 0.647. The van der Waals surface area contributed by atoms with Crippen LogP contribution in [0.3, 0.4) is 0 Å². The van der Waals surface area contributed by atoms with Gasteiger partial charge in [0, 0.05) is 18.6 Å². The molecule has 0 aromatic heterocycles. The van der Waals surface area contributed by atoms with E-state index in [4.69, 9.17) is 0 Å². The number of nitrogens with zero attached hydrogens (tertiary/aromatic N) is 1. The first-order valence-electron chi connectivity index (χ1n) is 7.97. The van der Waals surface area contributed by atoms with E-state index in [1.165, 1.54) is 37.9 Å². The highest BCUT2D eigenvalue weighted by molar-refractivity contribution is 5.27. The number of rotatable bonds is 6. The maximum Gasteiger partial charge on any atom is 0.115 e. The molecule has 3 heteroatoms. The fourth-order valence-electron chi connectivity index (χ4n) is 3.01. The molecule has 2 rings (SSSR count). The number of benzene rings is 1. The van der Waals surface area contributed by atoms with Gasteiger partial charge in [-0.2, -0.15) is 0 Å². The Bertz CT molecular complexity index is 384. The highest BCUT2D eigenvalue weighted by Gasteiger charge is 2.17. The number of hydrogen-bond acceptors (Lipinski definition) is 3. The third-order valence-corrected chi connectivity index (χ3v) is 4.38. The summed E-state index contributed by atoms with van der Waals surface area (Å²) in [4.78, 5) is 2.60.